The van der Waals surface area contributed by atoms with Crippen molar-refractivity contribution in [1.82, 2.24) is 0 Å². The Kier molecular flexibility index (Phi) is 8.85. The number of aryl methyl sites for hydroxylation is 2. The number of hydrogen-bond acceptors (Lipinski definition) is 5. The van der Waals surface area contributed by atoms with E-state index in [9.17, 15) is 9.59 Å². The predicted octanol–water partition coefficient (Wildman–Crippen LogP) is 3.35. The van der Waals surface area contributed by atoms with Crippen LogP contribution in [0.5, 0.6) is 11.5 Å². The van der Waals surface area contributed by atoms with Gasteiger partial charge in [-0.1, -0.05) is 24.3 Å². The van der Waals surface area contributed by atoms with Gasteiger partial charge in [0, 0.05) is 0 Å². The van der Waals surface area contributed by atoms with Crippen molar-refractivity contribution in [3.05, 3.63) is 58.7 Å². The minimum absolute atomic E-state index is 0.0383. The lowest BCUT2D eigenvalue weighted by atomic mass is 10.1. The molecule has 0 atom stereocenters. The maximum Gasteiger partial charge on any atom is 0.309 e. The fraction of sp³-hybridized carbons (Fsp3) is 0.333. The number of esters is 1. The number of hydrogen-bond donors (Lipinski definition) is 1. The van der Waals surface area contributed by atoms with Crippen LogP contribution in [0.2, 0.25) is 0 Å². The van der Waals surface area contributed by atoms with Crippen LogP contribution in [-0.2, 0) is 27.2 Å². The number of carbonyl (C=O) groups is 2. The number of carbonyl (C=O) groups excluding carboxylic acids is 1. The molecule has 146 valence electrons. The third-order valence-corrected chi connectivity index (χ3v) is 3.88. The molecule has 2 aromatic rings. The second kappa shape index (κ2) is 10.9. The zero-order valence-corrected chi connectivity index (χ0v) is 16.4. The van der Waals surface area contributed by atoms with E-state index >= 15 is 0 Å². The molecule has 0 fully saturated rings. The van der Waals surface area contributed by atoms with Crippen LogP contribution in [0.4, 0.5) is 0 Å². The molecular formula is C21H26O6. The topological polar surface area (TPSA) is 82.1 Å². The van der Waals surface area contributed by atoms with Gasteiger partial charge >= 0.3 is 11.9 Å². The van der Waals surface area contributed by atoms with Crippen LogP contribution in [0.1, 0.15) is 22.3 Å². The van der Waals surface area contributed by atoms with E-state index in [0.29, 0.717) is 0 Å². The monoisotopic (exact) mass is 374 g/mol. The van der Waals surface area contributed by atoms with Crippen molar-refractivity contribution >= 4 is 11.9 Å². The molecule has 2 aromatic carbocycles. The Labute approximate surface area is 159 Å². The fourth-order valence-corrected chi connectivity index (χ4v) is 2.36. The third-order valence-electron chi connectivity index (χ3n) is 3.88. The summed E-state index contributed by atoms with van der Waals surface area (Å²) in [6, 6.07) is 11.1. The first kappa shape index (κ1) is 22.0. The zero-order valence-electron chi connectivity index (χ0n) is 16.4. The normalized spacial score (nSPS) is 9.67. The molecule has 1 N–H and O–H groups in total. The lowest BCUT2D eigenvalue weighted by Crippen LogP contribution is -2.04. The van der Waals surface area contributed by atoms with Gasteiger partial charge in [-0.3, -0.25) is 9.59 Å². The van der Waals surface area contributed by atoms with E-state index < -0.39 is 5.97 Å². The average molecular weight is 374 g/mol. The van der Waals surface area contributed by atoms with Crippen molar-refractivity contribution in [1.29, 1.82) is 0 Å². The van der Waals surface area contributed by atoms with Gasteiger partial charge in [-0.05, 0) is 48.2 Å². The summed E-state index contributed by atoms with van der Waals surface area (Å²) in [5, 5.41) is 8.56. The zero-order chi connectivity index (χ0) is 20.4. The van der Waals surface area contributed by atoms with Gasteiger partial charge in [-0.25, -0.2) is 0 Å². The molecule has 0 saturated carbocycles. The summed E-state index contributed by atoms with van der Waals surface area (Å²) in [6.45, 7) is 3.88. The molecule has 6 heteroatoms. The Bertz CT molecular complexity index is 782. The van der Waals surface area contributed by atoms with E-state index in [1.54, 1.807) is 26.4 Å². The van der Waals surface area contributed by atoms with Crippen molar-refractivity contribution in [3.8, 4) is 11.5 Å². The van der Waals surface area contributed by atoms with E-state index in [4.69, 9.17) is 14.6 Å². The molecule has 0 aliphatic heterocycles. The van der Waals surface area contributed by atoms with E-state index in [-0.39, 0.29) is 18.8 Å². The standard InChI is InChI=1S/C11H14O3.C10H12O3/c1-8-4-5-9(6-10(8)13-2)7-11(12)14-3;1-7-3-4-8(6-10(11)12)5-9(7)13-2/h4-6H,7H2,1-3H3;3-5H,6H2,1-2H3,(H,11,12). The second-order valence-corrected chi connectivity index (χ2v) is 5.93. The lowest BCUT2D eigenvalue weighted by molar-refractivity contribution is -0.140. The van der Waals surface area contributed by atoms with Gasteiger partial charge in [0.2, 0.25) is 0 Å². The van der Waals surface area contributed by atoms with Gasteiger partial charge in [0.1, 0.15) is 11.5 Å². The molecule has 6 nitrogen and oxygen atoms in total. The SMILES string of the molecule is COC(=O)Cc1ccc(C)c(OC)c1.COc1cc(CC(=O)O)ccc1C. The van der Waals surface area contributed by atoms with Gasteiger partial charge in [-0.15, -0.1) is 0 Å². The summed E-state index contributed by atoms with van der Waals surface area (Å²) < 4.78 is 14.8. The highest BCUT2D eigenvalue weighted by molar-refractivity contribution is 5.72. The molecule has 0 aliphatic rings. The average Bonchev–Trinajstić information content (AvgIpc) is 2.64. The Morgan fingerprint density at radius 1 is 0.815 bits per heavy atom. The van der Waals surface area contributed by atoms with E-state index in [2.05, 4.69) is 4.74 Å². The number of aliphatic carboxylic acids is 1. The van der Waals surface area contributed by atoms with Crippen molar-refractivity contribution < 1.29 is 28.9 Å². The number of benzene rings is 2. The Morgan fingerprint density at radius 2 is 1.26 bits per heavy atom. The number of rotatable bonds is 6. The first-order valence-corrected chi connectivity index (χ1v) is 8.36. The van der Waals surface area contributed by atoms with Gasteiger partial charge in [0.15, 0.2) is 0 Å². The molecule has 2 rings (SSSR count). The summed E-state index contributed by atoms with van der Waals surface area (Å²) in [6.07, 6.45) is 0.323. The number of methoxy groups -OCH3 is 3. The van der Waals surface area contributed by atoms with Crippen LogP contribution in [0.25, 0.3) is 0 Å². The summed E-state index contributed by atoms with van der Waals surface area (Å²) in [4.78, 5) is 21.4. The third kappa shape index (κ3) is 7.40. The minimum atomic E-state index is -0.828. The molecule has 0 heterocycles. The second-order valence-electron chi connectivity index (χ2n) is 5.93. The fourth-order valence-electron chi connectivity index (χ4n) is 2.36. The molecule has 0 aromatic heterocycles. The van der Waals surface area contributed by atoms with Gasteiger partial charge in [-0.2, -0.15) is 0 Å². The molecule has 0 saturated heterocycles. The minimum Gasteiger partial charge on any atom is -0.496 e. The van der Waals surface area contributed by atoms with Crippen molar-refractivity contribution in [2.45, 2.75) is 26.7 Å². The van der Waals surface area contributed by atoms with Crippen LogP contribution >= 0.6 is 0 Å². The highest BCUT2D eigenvalue weighted by Gasteiger charge is 2.05. The van der Waals surface area contributed by atoms with Crippen LogP contribution < -0.4 is 9.47 Å². The highest BCUT2D eigenvalue weighted by Crippen LogP contribution is 2.20. The summed E-state index contributed by atoms with van der Waals surface area (Å²) in [5.41, 5.74) is 3.73. The summed E-state index contributed by atoms with van der Waals surface area (Å²) in [5.74, 6) is 0.465. The van der Waals surface area contributed by atoms with Crippen LogP contribution in [0.3, 0.4) is 0 Å². The van der Waals surface area contributed by atoms with E-state index in [1.807, 2.05) is 38.1 Å². The molecule has 0 bridgehead atoms. The first-order chi connectivity index (χ1) is 12.8. The first-order valence-electron chi connectivity index (χ1n) is 8.36. The molecule has 0 aliphatic carbocycles. The smallest absolute Gasteiger partial charge is 0.309 e. The number of carboxylic acid groups (broad SMARTS) is 1. The summed E-state index contributed by atoms with van der Waals surface area (Å²) in [7, 11) is 4.57. The largest absolute Gasteiger partial charge is 0.496 e. The van der Waals surface area contributed by atoms with E-state index in [0.717, 1.165) is 33.8 Å². The molecule has 0 unspecified atom stereocenters. The van der Waals surface area contributed by atoms with Crippen molar-refractivity contribution in [3.63, 3.8) is 0 Å². The van der Waals surface area contributed by atoms with E-state index in [1.165, 1.54) is 7.11 Å². The molecule has 0 amide bonds. The number of carboxylic acids is 1. The van der Waals surface area contributed by atoms with Crippen molar-refractivity contribution in [2.75, 3.05) is 21.3 Å². The Balaban J connectivity index is 0.000000271. The predicted molar refractivity (Wildman–Crippen MR) is 103 cm³/mol. The maximum absolute atomic E-state index is 11.0. The van der Waals surface area contributed by atoms with Gasteiger partial charge in [0.25, 0.3) is 0 Å². The Hall–Kier alpha value is -3.02. The van der Waals surface area contributed by atoms with Crippen molar-refractivity contribution in [2.24, 2.45) is 0 Å². The molecule has 0 spiro atoms. The Morgan fingerprint density at radius 3 is 1.63 bits per heavy atom. The molecule has 27 heavy (non-hydrogen) atoms. The quantitative estimate of drug-likeness (QED) is 0.781. The van der Waals surface area contributed by atoms with Crippen LogP contribution in [0, 0.1) is 13.8 Å². The summed E-state index contributed by atoms with van der Waals surface area (Å²) >= 11 is 0. The lowest BCUT2D eigenvalue weighted by Gasteiger charge is -2.06. The maximum atomic E-state index is 11.0. The number of ether oxygens (including phenoxy) is 3. The van der Waals surface area contributed by atoms with Gasteiger partial charge < -0.3 is 19.3 Å². The molecule has 0 radical (unpaired) electrons. The highest BCUT2D eigenvalue weighted by atomic mass is 16.5. The van der Waals surface area contributed by atoms with Crippen LogP contribution in [0.15, 0.2) is 36.4 Å². The van der Waals surface area contributed by atoms with Crippen LogP contribution in [-0.4, -0.2) is 38.4 Å². The van der Waals surface area contributed by atoms with Gasteiger partial charge in [0.05, 0.1) is 34.2 Å². The molecular weight excluding hydrogens is 348 g/mol.